The topological polar surface area (TPSA) is 72.3 Å². The Morgan fingerprint density at radius 2 is 2.37 bits per heavy atom. The summed E-state index contributed by atoms with van der Waals surface area (Å²) in [5.41, 5.74) is 3.04. The molecule has 6 heteroatoms. The van der Waals surface area contributed by atoms with E-state index in [1.165, 1.54) is 17.4 Å². The van der Waals surface area contributed by atoms with E-state index in [0.717, 1.165) is 16.6 Å². The molecular weight excluding hydrogens is 264 g/mol. The lowest BCUT2D eigenvalue weighted by atomic mass is 10.2. The van der Waals surface area contributed by atoms with Crippen LogP contribution >= 0.6 is 11.3 Å². The van der Waals surface area contributed by atoms with Crippen molar-refractivity contribution in [3.8, 4) is 5.75 Å². The third kappa shape index (κ3) is 3.89. The Bertz CT molecular complexity index is 594. The van der Waals surface area contributed by atoms with E-state index in [1.807, 2.05) is 13.0 Å². The Hall–Kier alpha value is -2.21. The zero-order valence-corrected chi connectivity index (χ0v) is 11.1. The van der Waals surface area contributed by atoms with E-state index >= 15 is 0 Å². The minimum absolute atomic E-state index is 0.392. The fraction of sp³-hybridized carbons (Fsp3) is 0.154. The molecule has 0 amide bonds. The standard InChI is InChI=1S/C13H12N2O3S/c1-9-2-4-12(11(15-9)3-5-13(16)17)18-7-10-6-14-8-19-10/h2-6,8H,7H2,1H3,(H,16,17)/b5-3+. The molecule has 0 bridgehead atoms. The molecule has 0 saturated heterocycles. The van der Waals surface area contributed by atoms with E-state index in [0.29, 0.717) is 18.1 Å². The third-order valence-corrected chi connectivity index (χ3v) is 3.02. The summed E-state index contributed by atoms with van der Waals surface area (Å²) in [6.45, 7) is 2.23. The molecule has 0 aliphatic rings. The highest BCUT2D eigenvalue weighted by molar-refractivity contribution is 7.09. The smallest absolute Gasteiger partial charge is 0.328 e. The summed E-state index contributed by atoms with van der Waals surface area (Å²) < 4.78 is 5.63. The van der Waals surface area contributed by atoms with E-state index in [1.54, 1.807) is 17.8 Å². The number of carbonyl (C=O) groups is 1. The molecule has 19 heavy (non-hydrogen) atoms. The number of pyridine rings is 1. The van der Waals surface area contributed by atoms with Crippen LogP contribution in [-0.4, -0.2) is 21.0 Å². The van der Waals surface area contributed by atoms with Gasteiger partial charge in [-0.2, -0.15) is 0 Å². The first-order chi connectivity index (χ1) is 9.15. The molecule has 0 spiro atoms. The SMILES string of the molecule is Cc1ccc(OCc2cncs2)c(/C=C/C(=O)O)n1. The number of carboxylic acid groups (broad SMARTS) is 1. The second-order valence-electron chi connectivity index (χ2n) is 3.76. The highest BCUT2D eigenvalue weighted by Gasteiger charge is 2.05. The molecule has 0 aromatic carbocycles. The van der Waals surface area contributed by atoms with Crippen molar-refractivity contribution >= 4 is 23.4 Å². The van der Waals surface area contributed by atoms with Crippen molar-refractivity contribution in [3.05, 3.63) is 46.2 Å². The van der Waals surface area contributed by atoms with Gasteiger partial charge in [0.2, 0.25) is 0 Å². The highest BCUT2D eigenvalue weighted by atomic mass is 32.1. The van der Waals surface area contributed by atoms with E-state index in [2.05, 4.69) is 9.97 Å². The van der Waals surface area contributed by atoms with E-state index < -0.39 is 5.97 Å². The van der Waals surface area contributed by atoms with Gasteiger partial charge in [0.1, 0.15) is 18.1 Å². The van der Waals surface area contributed by atoms with Crippen LogP contribution in [0.1, 0.15) is 16.3 Å². The summed E-state index contributed by atoms with van der Waals surface area (Å²) in [5.74, 6) is -0.465. The molecule has 2 heterocycles. The van der Waals surface area contributed by atoms with Crippen LogP contribution < -0.4 is 4.74 Å². The Kier molecular flexibility index (Phi) is 4.25. The van der Waals surface area contributed by atoms with Crippen LogP contribution in [0.3, 0.4) is 0 Å². The molecule has 2 aromatic heterocycles. The van der Waals surface area contributed by atoms with Crippen molar-refractivity contribution in [3.63, 3.8) is 0 Å². The number of aryl methyl sites for hydroxylation is 1. The van der Waals surface area contributed by atoms with Gasteiger partial charge in [0.25, 0.3) is 0 Å². The number of hydrogen-bond donors (Lipinski definition) is 1. The lowest BCUT2D eigenvalue weighted by molar-refractivity contribution is -0.131. The average Bonchev–Trinajstić information content (AvgIpc) is 2.88. The van der Waals surface area contributed by atoms with Gasteiger partial charge in [-0.25, -0.2) is 9.78 Å². The van der Waals surface area contributed by atoms with Crippen LogP contribution in [0.25, 0.3) is 6.08 Å². The first-order valence-electron chi connectivity index (χ1n) is 5.54. The molecule has 0 saturated carbocycles. The number of aliphatic carboxylic acids is 1. The molecule has 1 N–H and O–H groups in total. The van der Waals surface area contributed by atoms with Crippen LogP contribution in [-0.2, 0) is 11.4 Å². The van der Waals surface area contributed by atoms with Crippen LogP contribution in [0.2, 0.25) is 0 Å². The van der Waals surface area contributed by atoms with Crippen molar-refractivity contribution in [1.82, 2.24) is 9.97 Å². The van der Waals surface area contributed by atoms with E-state index in [4.69, 9.17) is 9.84 Å². The second kappa shape index (κ2) is 6.10. The summed E-state index contributed by atoms with van der Waals surface area (Å²) in [6.07, 6.45) is 4.21. The number of carboxylic acids is 1. The van der Waals surface area contributed by atoms with Gasteiger partial charge in [-0.1, -0.05) is 0 Å². The zero-order chi connectivity index (χ0) is 13.7. The Morgan fingerprint density at radius 3 is 3.05 bits per heavy atom. The van der Waals surface area contributed by atoms with Gasteiger partial charge in [-0.15, -0.1) is 11.3 Å². The largest absolute Gasteiger partial charge is 0.486 e. The summed E-state index contributed by atoms with van der Waals surface area (Å²) in [6, 6.07) is 3.60. The zero-order valence-electron chi connectivity index (χ0n) is 10.2. The lowest BCUT2D eigenvalue weighted by Gasteiger charge is -2.08. The van der Waals surface area contributed by atoms with Crippen molar-refractivity contribution in [2.45, 2.75) is 13.5 Å². The fourth-order valence-electron chi connectivity index (χ4n) is 1.42. The fourth-order valence-corrected chi connectivity index (χ4v) is 1.92. The van der Waals surface area contributed by atoms with Crippen molar-refractivity contribution in [2.24, 2.45) is 0 Å². The molecule has 2 rings (SSSR count). The molecule has 0 unspecified atom stereocenters. The van der Waals surface area contributed by atoms with Crippen molar-refractivity contribution in [2.75, 3.05) is 0 Å². The number of hydrogen-bond acceptors (Lipinski definition) is 5. The van der Waals surface area contributed by atoms with Crippen LogP contribution in [0.15, 0.2) is 29.9 Å². The summed E-state index contributed by atoms with van der Waals surface area (Å²) in [4.78, 5) is 19.8. The predicted molar refractivity (Wildman–Crippen MR) is 72.1 cm³/mol. The van der Waals surface area contributed by atoms with Gasteiger partial charge in [0.05, 0.1) is 10.4 Å². The Balaban J connectivity index is 2.16. The second-order valence-corrected chi connectivity index (χ2v) is 4.73. The maximum Gasteiger partial charge on any atom is 0.328 e. The number of nitrogens with zero attached hydrogens (tertiary/aromatic N) is 2. The molecule has 0 fully saturated rings. The summed E-state index contributed by atoms with van der Waals surface area (Å²) >= 11 is 1.50. The summed E-state index contributed by atoms with van der Waals surface area (Å²) in [7, 11) is 0. The summed E-state index contributed by atoms with van der Waals surface area (Å²) in [5, 5.41) is 8.65. The van der Waals surface area contributed by atoms with Crippen molar-refractivity contribution < 1.29 is 14.6 Å². The molecule has 0 aliphatic heterocycles. The van der Waals surface area contributed by atoms with Gasteiger partial charge in [0.15, 0.2) is 0 Å². The number of aromatic nitrogens is 2. The molecule has 0 atom stereocenters. The number of thiazole rings is 1. The molecule has 0 radical (unpaired) electrons. The van der Waals surface area contributed by atoms with Gasteiger partial charge >= 0.3 is 5.97 Å². The van der Waals surface area contributed by atoms with Crippen LogP contribution in [0.4, 0.5) is 0 Å². The predicted octanol–water partition coefficient (Wildman–Crippen LogP) is 2.52. The molecule has 5 nitrogen and oxygen atoms in total. The van der Waals surface area contributed by atoms with E-state index in [-0.39, 0.29) is 0 Å². The van der Waals surface area contributed by atoms with Gasteiger partial charge < -0.3 is 9.84 Å². The highest BCUT2D eigenvalue weighted by Crippen LogP contribution is 2.20. The minimum Gasteiger partial charge on any atom is -0.486 e. The molecule has 2 aromatic rings. The first kappa shape index (κ1) is 13.2. The lowest BCUT2D eigenvalue weighted by Crippen LogP contribution is -1.98. The Labute approximate surface area is 114 Å². The molecule has 98 valence electrons. The normalized spacial score (nSPS) is 10.8. The quantitative estimate of drug-likeness (QED) is 0.849. The van der Waals surface area contributed by atoms with Gasteiger partial charge in [0, 0.05) is 18.0 Å². The molecule has 0 aliphatic carbocycles. The maximum absolute atomic E-state index is 10.6. The van der Waals surface area contributed by atoms with Gasteiger partial charge in [-0.05, 0) is 25.1 Å². The number of ether oxygens (including phenoxy) is 1. The average molecular weight is 276 g/mol. The third-order valence-electron chi connectivity index (χ3n) is 2.26. The number of rotatable bonds is 5. The van der Waals surface area contributed by atoms with Crippen LogP contribution in [0.5, 0.6) is 5.75 Å². The maximum atomic E-state index is 10.6. The first-order valence-corrected chi connectivity index (χ1v) is 6.42. The monoisotopic (exact) mass is 276 g/mol. The minimum atomic E-state index is -1.02. The Morgan fingerprint density at radius 1 is 1.53 bits per heavy atom. The van der Waals surface area contributed by atoms with Crippen molar-refractivity contribution in [1.29, 1.82) is 0 Å². The van der Waals surface area contributed by atoms with Gasteiger partial charge in [-0.3, -0.25) is 4.98 Å². The molecular formula is C13H12N2O3S. The van der Waals surface area contributed by atoms with Crippen LogP contribution in [0, 0.1) is 6.92 Å². The van der Waals surface area contributed by atoms with E-state index in [9.17, 15) is 4.79 Å².